The third-order valence-corrected chi connectivity index (χ3v) is 8.73. The van der Waals surface area contributed by atoms with Crippen LogP contribution in [0.5, 0.6) is 0 Å². The number of morpholine rings is 1. The van der Waals surface area contributed by atoms with Crippen LogP contribution in [0.15, 0.2) is 39.0 Å². The van der Waals surface area contributed by atoms with Crippen LogP contribution < -0.4 is 16.1 Å². The molecule has 38 heavy (non-hydrogen) atoms. The second-order valence-corrected chi connectivity index (χ2v) is 12.2. The zero-order valence-corrected chi connectivity index (χ0v) is 22.8. The van der Waals surface area contributed by atoms with Gasteiger partial charge in [-0.2, -0.15) is 0 Å². The van der Waals surface area contributed by atoms with Crippen LogP contribution in [-0.2, 0) is 40.0 Å². The van der Waals surface area contributed by atoms with Gasteiger partial charge in [-0.15, -0.1) is 0 Å². The number of nitrogens with zero attached hydrogens (tertiary/aromatic N) is 7. The topological polar surface area (TPSA) is 142 Å². The number of imidazole rings is 1. The van der Waals surface area contributed by atoms with Crippen molar-refractivity contribution in [2.45, 2.75) is 11.4 Å². The molecule has 0 N–H and O–H groups in total. The van der Waals surface area contributed by atoms with Crippen molar-refractivity contribution in [2.24, 2.45) is 14.1 Å². The predicted molar refractivity (Wildman–Crippen MR) is 143 cm³/mol. The van der Waals surface area contributed by atoms with Gasteiger partial charge in [0.1, 0.15) is 6.54 Å². The Hall–Kier alpha value is -3.40. The maximum absolute atomic E-state index is 13.7. The predicted octanol–water partition coefficient (Wildman–Crippen LogP) is -0.188. The Balaban J connectivity index is 1.51. The van der Waals surface area contributed by atoms with Crippen molar-refractivity contribution in [3.05, 3.63) is 45.4 Å². The number of benzene rings is 1. The van der Waals surface area contributed by atoms with Crippen molar-refractivity contribution in [1.82, 2.24) is 28.6 Å². The smallest absolute Gasteiger partial charge is 0.332 e. The highest BCUT2D eigenvalue weighted by Crippen LogP contribution is 2.31. The Morgan fingerprint density at radius 3 is 2.61 bits per heavy atom. The van der Waals surface area contributed by atoms with Crippen molar-refractivity contribution < 1.29 is 17.9 Å². The molecule has 0 saturated carbocycles. The molecule has 0 bridgehead atoms. The van der Waals surface area contributed by atoms with Crippen molar-refractivity contribution in [1.29, 1.82) is 0 Å². The first kappa shape index (κ1) is 26.2. The summed E-state index contributed by atoms with van der Waals surface area (Å²) in [5.41, 5.74) is -0.119. The van der Waals surface area contributed by atoms with Crippen LogP contribution in [0.3, 0.4) is 0 Å². The minimum atomic E-state index is -3.40. The van der Waals surface area contributed by atoms with Gasteiger partial charge in [-0.25, -0.2) is 23.2 Å². The van der Waals surface area contributed by atoms with Gasteiger partial charge in [-0.05, 0) is 18.2 Å². The summed E-state index contributed by atoms with van der Waals surface area (Å²) in [5.74, 6) is -0.323. The molecule has 13 nitrogen and oxygen atoms in total. The number of fused-ring (bicyclic) bond motifs is 2. The van der Waals surface area contributed by atoms with E-state index in [1.54, 1.807) is 17.0 Å². The summed E-state index contributed by atoms with van der Waals surface area (Å²) < 4.78 is 33.8. The van der Waals surface area contributed by atoms with Gasteiger partial charge >= 0.3 is 5.69 Å². The number of anilines is 1. The van der Waals surface area contributed by atoms with Crippen molar-refractivity contribution in [3.63, 3.8) is 0 Å². The van der Waals surface area contributed by atoms with Crippen LogP contribution in [-0.4, -0.2) is 88.5 Å². The zero-order chi connectivity index (χ0) is 27.2. The SMILES string of the molecule is Cn1c(=O)c2c(ncn2CC(=O)N(CCN2CCOCC2)c2nc3ccc(S(C)(=O)=O)cc3s2)n(C)c1=O. The maximum atomic E-state index is 13.7. The van der Waals surface area contributed by atoms with Crippen LogP contribution in [0.25, 0.3) is 21.4 Å². The summed E-state index contributed by atoms with van der Waals surface area (Å²) >= 11 is 1.23. The molecule has 0 atom stereocenters. The molecule has 4 aromatic rings. The number of rotatable bonds is 7. The fourth-order valence-corrected chi connectivity index (χ4v) is 6.15. The van der Waals surface area contributed by atoms with Gasteiger partial charge in [0.15, 0.2) is 26.1 Å². The highest BCUT2D eigenvalue weighted by molar-refractivity contribution is 7.90. The number of ether oxygens (including phenoxy) is 1. The highest BCUT2D eigenvalue weighted by atomic mass is 32.2. The van der Waals surface area contributed by atoms with E-state index in [4.69, 9.17) is 4.74 Å². The number of aromatic nitrogens is 5. The van der Waals surface area contributed by atoms with Gasteiger partial charge in [-0.3, -0.25) is 28.5 Å². The minimum Gasteiger partial charge on any atom is -0.379 e. The fourth-order valence-electron chi connectivity index (χ4n) is 4.38. The van der Waals surface area contributed by atoms with E-state index < -0.39 is 21.1 Å². The number of thiazole rings is 1. The highest BCUT2D eigenvalue weighted by Gasteiger charge is 2.24. The first-order chi connectivity index (χ1) is 18.0. The van der Waals surface area contributed by atoms with E-state index in [1.807, 2.05) is 0 Å². The zero-order valence-electron chi connectivity index (χ0n) is 21.2. The third-order valence-electron chi connectivity index (χ3n) is 6.58. The standard InChI is InChI=1S/C23H27N7O6S2/c1-26-20-19(21(32)27(2)23(26)33)29(14-24-20)13-18(31)30(7-6-28-8-10-36-11-9-28)22-25-16-5-4-15(38(3,34)35)12-17(16)37-22/h4-5,12,14H,6-11,13H2,1-3H3. The summed E-state index contributed by atoms with van der Waals surface area (Å²) in [6.45, 7) is 3.45. The van der Waals surface area contributed by atoms with Gasteiger partial charge in [0.2, 0.25) is 5.91 Å². The normalized spacial score (nSPS) is 14.9. The van der Waals surface area contributed by atoms with E-state index in [1.165, 1.54) is 47.0 Å². The molecule has 3 aromatic heterocycles. The molecule has 4 heterocycles. The summed E-state index contributed by atoms with van der Waals surface area (Å²) in [7, 11) is -0.506. The van der Waals surface area contributed by atoms with Crippen LogP contribution in [0.4, 0.5) is 5.13 Å². The minimum absolute atomic E-state index is 0.151. The molecule has 1 fully saturated rings. The number of carbonyl (C=O) groups excluding carboxylic acids is 1. The van der Waals surface area contributed by atoms with Crippen LogP contribution in [0, 0.1) is 0 Å². The number of sulfone groups is 1. The van der Waals surface area contributed by atoms with Gasteiger partial charge in [0.25, 0.3) is 5.56 Å². The van der Waals surface area contributed by atoms with Crippen molar-refractivity contribution in [2.75, 3.05) is 50.5 Å². The van der Waals surface area contributed by atoms with E-state index in [-0.39, 0.29) is 28.5 Å². The Morgan fingerprint density at radius 1 is 1.16 bits per heavy atom. The second-order valence-electron chi connectivity index (χ2n) is 9.15. The molecule has 0 spiro atoms. The van der Waals surface area contributed by atoms with E-state index in [2.05, 4.69) is 14.9 Å². The largest absolute Gasteiger partial charge is 0.379 e. The van der Waals surface area contributed by atoms with Gasteiger partial charge in [0.05, 0.1) is 34.7 Å². The first-order valence-corrected chi connectivity index (χ1v) is 14.6. The number of hydrogen-bond acceptors (Lipinski definition) is 10. The molecular formula is C23H27N7O6S2. The van der Waals surface area contributed by atoms with E-state index in [0.29, 0.717) is 41.7 Å². The maximum Gasteiger partial charge on any atom is 0.332 e. The Bertz CT molecular complexity index is 1760. The van der Waals surface area contributed by atoms with E-state index >= 15 is 0 Å². The quantitative estimate of drug-likeness (QED) is 0.300. The summed E-state index contributed by atoms with van der Waals surface area (Å²) in [5, 5.41) is 0.425. The molecule has 202 valence electrons. The molecule has 0 unspecified atom stereocenters. The molecule has 15 heteroatoms. The lowest BCUT2D eigenvalue weighted by molar-refractivity contribution is -0.119. The van der Waals surface area contributed by atoms with Gasteiger partial charge < -0.3 is 9.30 Å². The lowest BCUT2D eigenvalue weighted by Gasteiger charge is -2.29. The Morgan fingerprint density at radius 2 is 1.89 bits per heavy atom. The molecule has 1 amide bonds. The average Bonchev–Trinajstić information content (AvgIpc) is 3.50. The third kappa shape index (κ3) is 4.89. The molecule has 1 aromatic carbocycles. The van der Waals surface area contributed by atoms with Crippen LogP contribution >= 0.6 is 11.3 Å². The lowest BCUT2D eigenvalue weighted by atomic mass is 10.3. The summed E-state index contributed by atoms with van der Waals surface area (Å²) in [6.07, 6.45) is 2.52. The fraction of sp³-hybridized carbons (Fsp3) is 0.435. The van der Waals surface area contributed by atoms with Crippen LogP contribution in [0.1, 0.15) is 0 Å². The molecule has 1 aliphatic heterocycles. The number of carbonyl (C=O) groups is 1. The Labute approximate surface area is 221 Å². The van der Waals surface area contributed by atoms with Crippen molar-refractivity contribution in [3.8, 4) is 0 Å². The van der Waals surface area contributed by atoms with Gasteiger partial charge in [-0.1, -0.05) is 11.3 Å². The summed E-state index contributed by atoms with van der Waals surface area (Å²) in [4.78, 5) is 51.6. The molecular weight excluding hydrogens is 534 g/mol. The summed E-state index contributed by atoms with van der Waals surface area (Å²) in [6, 6.07) is 4.69. The molecule has 0 radical (unpaired) electrons. The number of aryl methyl sites for hydroxylation is 1. The number of amides is 1. The molecule has 0 aliphatic carbocycles. The lowest BCUT2D eigenvalue weighted by Crippen LogP contribution is -2.44. The van der Waals surface area contributed by atoms with E-state index in [9.17, 15) is 22.8 Å². The molecule has 1 aliphatic rings. The van der Waals surface area contributed by atoms with Crippen LogP contribution in [0.2, 0.25) is 0 Å². The molecule has 5 rings (SSSR count). The second kappa shape index (κ2) is 10.1. The molecule has 1 saturated heterocycles. The Kier molecular flexibility index (Phi) is 6.94. The number of hydrogen-bond donors (Lipinski definition) is 0. The monoisotopic (exact) mass is 561 g/mol. The van der Waals surface area contributed by atoms with E-state index in [0.717, 1.165) is 23.9 Å². The first-order valence-electron chi connectivity index (χ1n) is 11.9. The van der Waals surface area contributed by atoms with Gasteiger partial charge in [0, 0.05) is 46.5 Å². The average molecular weight is 562 g/mol. The van der Waals surface area contributed by atoms with Crippen molar-refractivity contribution >= 4 is 53.6 Å².